The molecule has 24 heavy (non-hydrogen) atoms. The third-order valence-electron chi connectivity index (χ3n) is 3.99. The smallest absolute Gasteiger partial charge is 0.337 e. The number of amides is 2. The normalized spacial score (nSPS) is 17.4. The van der Waals surface area contributed by atoms with Crippen LogP contribution in [0.2, 0.25) is 0 Å². The van der Waals surface area contributed by atoms with E-state index >= 15 is 0 Å². The monoisotopic (exact) mass is 330 g/mol. The molecule has 126 valence electrons. The van der Waals surface area contributed by atoms with Gasteiger partial charge >= 0.3 is 12.0 Å². The summed E-state index contributed by atoms with van der Waals surface area (Å²) in [5.41, 5.74) is 1.06. The van der Waals surface area contributed by atoms with Crippen LogP contribution in [0.5, 0.6) is 0 Å². The topological polar surface area (TPSA) is 113 Å². The van der Waals surface area contributed by atoms with Crippen molar-refractivity contribution >= 4 is 17.7 Å². The number of aromatic amines is 1. The van der Waals surface area contributed by atoms with E-state index in [9.17, 15) is 9.59 Å². The minimum absolute atomic E-state index is 0.0879. The van der Waals surface area contributed by atoms with Crippen molar-refractivity contribution in [1.82, 2.24) is 25.5 Å². The molecule has 1 aromatic carbocycles. The molecule has 1 fully saturated rings. The Morgan fingerprint density at radius 3 is 2.79 bits per heavy atom. The molecule has 0 unspecified atom stereocenters. The van der Waals surface area contributed by atoms with Crippen molar-refractivity contribution in [3.05, 3.63) is 35.7 Å². The maximum atomic E-state index is 12.4. The van der Waals surface area contributed by atoms with Gasteiger partial charge in [0.2, 0.25) is 0 Å². The van der Waals surface area contributed by atoms with Gasteiger partial charge in [0.15, 0.2) is 5.82 Å². The highest BCUT2D eigenvalue weighted by molar-refractivity contribution is 5.92. The summed E-state index contributed by atoms with van der Waals surface area (Å²) in [4.78, 5) is 25.6. The molecule has 0 bridgehead atoms. The van der Waals surface area contributed by atoms with Gasteiger partial charge in [-0.25, -0.2) is 9.59 Å². The average Bonchev–Trinajstić information content (AvgIpc) is 3.16. The van der Waals surface area contributed by atoms with Gasteiger partial charge in [0.25, 0.3) is 0 Å². The van der Waals surface area contributed by atoms with Gasteiger partial charge in [-0.2, -0.15) is 5.21 Å². The van der Waals surface area contributed by atoms with Gasteiger partial charge in [-0.1, -0.05) is 5.21 Å². The molecule has 1 aliphatic heterocycles. The lowest BCUT2D eigenvalue weighted by Gasteiger charge is -2.31. The van der Waals surface area contributed by atoms with E-state index in [2.05, 4.69) is 30.7 Å². The van der Waals surface area contributed by atoms with Gasteiger partial charge in [0.1, 0.15) is 0 Å². The molecule has 2 heterocycles. The number of carbonyl (C=O) groups excluding carboxylic acids is 2. The molecule has 3 rings (SSSR count). The van der Waals surface area contributed by atoms with Crippen molar-refractivity contribution in [3.63, 3.8) is 0 Å². The molecule has 9 nitrogen and oxygen atoms in total. The number of esters is 1. The van der Waals surface area contributed by atoms with Crippen LogP contribution in [-0.2, 0) is 4.74 Å². The summed E-state index contributed by atoms with van der Waals surface area (Å²) in [7, 11) is 1.33. The molecule has 0 saturated carbocycles. The van der Waals surface area contributed by atoms with Crippen LogP contribution in [0, 0.1) is 0 Å². The number of benzene rings is 1. The fourth-order valence-corrected chi connectivity index (χ4v) is 2.72. The Morgan fingerprint density at radius 1 is 1.33 bits per heavy atom. The zero-order valence-corrected chi connectivity index (χ0v) is 13.2. The van der Waals surface area contributed by atoms with E-state index in [-0.39, 0.29) is 11.9 Å². The summed E-state index contributed by atoms with van der Waals surface area (Å²) in [6, 6.07) is 6.38. The van der Waals surface area contributed by atoms with Crippen molar-refractivity contribution in [2.75, 3.05) is 25.5 Å². The average molecular weight is 330 g/mol. The van der Waals surface area contributed by atoms with Crippen LogP contribution in [0.4, 0.5) is 10.5 Å². The predicted molar refractivity (Wildman–Crippen MR) is 84.5 cm³/mol. The second-order valence-corrected chi connectivity index (χ2v) is 5.55. The number of nitrogens with zero attached hydrogens (tertiary/aromatic N) is 4. The number of nitrogens with one attached hydrogen (secondary N) is 2. The first-order valence-corrected chi connectivity index (χ1v) is 7.65. The lowest BCUT2D eigenvalue weighted by atomic mass is 9.98. The Balaban J connectivity index is 1.61. The fraction of sp³-hybridized carbons (Fsp3) is 0.400. The summed E-state index contributed by atoms with van der Waals surface area (Å²) in [6.07, 6.45) is 1.81. The highest BCUT2D eigenvalue weighted by Crippen LogP contribution is 2.24. The van der Waals surface area contributed by atoms with Crippen LogP contribution in [-0.4, -0.2) is 57.7 Å². The largest absolute Gasteiger partial charge is 0.465 e. The maximum Gasteiger partial charge on any atom is 0.337 e. The van der Waals surface area contributed by atoms with Gasteiger partial charge in [0.05, 0.1) is 12.7 Å². The first kappa shape index (κ1) is 15.9. The molecule has 0 aliphatic carbocycles. The molecule has 1 saturated heterocycles. The second-order valence-electron chi connectivity index (χ2n) is 5.55. The molecule has 2 aromatic rings. The molecule has 2 N–H and O–H groups in total. The number of methoxy groups -OCH3 is 1. The lowest BCUT2D eigenvalue weighted by molar-refractivity contribution is 0.0600. The van der Waals surface area contributed by atoms with Crippen molar-refractivity contribution in [2.45, 2.75) is 18.8 Å². The number of carbonyl (C=O) groups is 2. The minimum atomic E-state index is -0.410. The molecular weight excluding hydrogens is 312 g/mol. The van der Waals surface area contributed by atoms with E-state index in [1.165, 1.54) is 7.11 Å². The molecule has 1 aliphatic rings. The van der Waals surface area contributed by atoms with E-state index in [0.717, 1.165) is 12.8 Å². The minimum Gasteiger partial charge on any atom is -0.465 e. The second kappa shape index (κ2) is 7.07. The third-order valence-corrected chi connectivity index (χ3v) is 3.99. The number of tetrazole rings is 1. The zero-order valence-electron chi connectivity index (χ0n) is 13.2. The number of urea groups is 1. The van der Waals surface area contributed by atoms with E-state index in [4.69, 9.17) is 0 Å². The molecule has 1 aromatic heterocycles. The molecule has 0 radical (unpaired) electrons. The number of aromatic nitrogens is 4. The standard InChI is InChI=1S/C15H18N6O3/c1-24-14(22)10-4-6-12(7-5-10)16-15(23)21-8-2-3-11(9-21)13-17-19-20-18-13/h4-7,11H,2-3,8-9H2,1H3,(H,16,23)(H,17,18,19,20)/t11-/m0/s1. The van der Waals surface area contributed by atoms with Gasteiger partial charge < -0.3 is 15.0 Å². The van der Waals surface area contributed by atoms with E-state index in [0.29, 0.717) is 30.2 Å². The van der Waals surface area contributed by atoms with Crippen molar-refractivity contribution < 1.29 is 14.3 Å². The number of hydrogen-bond donors (Lipinski definition) is 2. The Bertz CT molecular complexity index is 701. The van der Waals surface area contributed by atoms with E-state index in [1.807, 2.05) is 0 Å². The van der Waals surface area contributed by atoms with Crippen molar-refractivity contribution in [1.29, 1.82) is 0 Å². The molecular formula is C15H18N6O3. The van der Waals surface area contributed by atoms with Crippen LogP contribution in [0.3, 0.4) is 0 Å². The van der Waals surface area contributed by atoms with Crippen LogP contribution in [0.25, 0.3) is 0 Å². The zero-order chi connectivity index (χ0) is 16.9. The highest BCUT2D eigenvalue weighted by atomic mass is 16.5. The van der Waals surface area contributed by atoms with Crippen LogP contribution in [0.1, 0.15) is 34.9 Å². The molecule has 1 atom stereocenters. The molecule has 0 spiro atoms. The van der Waals surface area contributed by atoms with Crippen molar-refractivity contribution in [3.8, 4) is 0 Å². The number of anilines is 1. The number of H-pyrrole nitrogens is 1. The van der Waals surface area contributed by atoms with Gasteiger partial charge in [-0.3, -0.25) is 0 Å². The fourth-order valence-electron chi connectivity index (χ4n) is 2.72. The first-order valence-electron chi connectivity index (χ1n) is 7.65. The predicted octanol–water partition coefficient (Wildman–Crippen LogP) is 1.40. The number of ether oxygens (including phenoxy) is 1. The molecule has 2 amide bonds. The Morgan fingerprint density at radius 2 is 2.12 bits per heavy atom. The number of likely N-dealkylation sites (tertiary alicyclic amines) is 1. The quantitative estimate of drug-likeness (QED) is 0.822. The van der Waals surface area contributed by atoms with Crippen LogP contribution in [0.15, 0.2) is 24.3 Å². The maximum absolute atomic E-state index is 12.4. The molecule has 9 heteroatoms. The number of hydrogen-bond acceptors (Lipinski definition) is 6. The highest BCUT2D eigenvalue weighted by Gasteiger charge is 2.27. The summed E-state index contributed by atoms with van der Waals surface area (Å²) < 4.78 is 4.65. The summed E-state index contributed by atoms with van der Waals surface area (Å²) in [5, 5.41) is 16.9. The Labute approximate surface area is 138 Å². The number of rotatable bonds is 3. The Kier molecular flexibility index (Phi) is 4.69. The number of piperidine rings is 1. The summed E-state index contributed by atoms with van der Waals surface area (Å²) in [5.74, 6) is 0.312. The SMILES string of the molecule is COC(=O)c1ccc(NC(=O)N2CCC[C@H](c3nn[nH]n3)C2)cc1. The van der Waals surface area contributed by atoms with Crippen LogP contribution < -0.4 is 5.32 Å². The lowest BCUT2D eigenvalue weighted by Crippen LogP contribution is -2.41. The van der Waals surface area contributed by atoms with Gasteiger partial charge in [-0.05, 0) is 37.1 Å². The van der Waals surface area contributed by atoms with E-state index in [1.54, 1.807) is 29.2 Å². The van der Waals surface area contributed by atoms with Gasteiger partial charge in [-0.15, -0.1) is 10.2 Å². The first-order chi connectivity index (χ1) is 11.7. The Hall–Kier alpha value is -2.97. The van der Waals surface area contributed by atoms with Crippen molar-refractivity contribution in [2.24, 2.45) is 0 Å². The third kappa shape index (κ3) is 3.50. The summed E-state index contributed by atoms with van der Waals surface area (Å²) in [6.45, 7) is 1.23. The van der Waals surface area contributed by atoms with Crippen LogP contribution >= 0.6 is 0 Å². The van der Waals surface area contributed by atoms with E-state index < -0.39 is 5.97 Å². The van der Waals surface area contributed by atoms with Gasteiger partial charge in [0, 0.05) is 24.7 Å². The summed E-state index contributed by atoms with van der Waals surface area (Å²) >= 11 is 0.